The summed E-state index contributed by atoms with van der Waals surface area (Å²) in [4.78, 5) is 30.7. The lowest BCUT2D eigenvalue weighted by Crippen LogP contribution is -2.41. The summed E-state index contributed by atoms with van der Waals surface area (Å²) in [7, 11) is 3.14. The quantitative estimate of drug-likeness (QED) is 0.305. The van der Waals surface area contributed by atoms with Crippen molar-refractivity contribution in [3.8, 4) is 22.9 Å². The molecule has 1 atom stereocenters. The molecule has 1 fully saturated rings. The van der Waals surface area contributed by atoms with E-state index in [0.717, 1.165) is 40.8 Å². The first-order valence-corrected chi connectivity index (χ1v) is 13.0. The Hall–Kier alpha value is -4.07. The number of amides is 1. The lowest BCUT2D eigenvalue weighted by Gasteiger charge is -2.25. The number of carbonyl (C=O) groups excluding carboxylic acids is 2. The zero-order valence-corrected chi connectivity index (χ0v) is 22.0. The molecule has 1 amide bonds. The van der Waals surface area contributed by atoms with Crippen LogP contribution >= 0.6 is 0 Å². The highest BCUT2D eigenvalue weighted by Crippen LogP contribution is 2.36. The Morgan fingerprint density at radius 2 is 1.84 bits per heavy atom. The van der Waals surface area contributed by atoms with Crippen LogP contribution in [-0.2, 0) is 11.2 Å². The molecule has 0 radical (unpaired) electrons. The minimum atomic E-state index is -0.683. The summed E-state index contributed by atoms with van der Waals surface area (Å²) in [5.74, 6) is 1.59. The van der Waals surface area contributed by atoms with E-state index in [9.17, 15) is 9.59 Å². The fourth-order valence-electron chi connectivity index (χ4n) is 5.33. The van der Waals surface area contributed by atoms with Crippen molar-refractivity contribution in [1.82, 2.24) is 14.9 Å². The van der Waals surface area contributed by atoms with Crippen molar-refractivity contribution in [2.45, 2.75) is 57.5 Å². The van der Waals surface area contributed by atoms with E-state index in [2.05, 4.69) is 9.88 Å². The molecule has 38 heavy (non-hydrogen) atoms. The number of Topliss-reactive ketones (excluding diaryl/α,β-unsaturated/α-hetero) is 1. The van der Waals surface area contributed by atoms with Crippen LogP contribution < -0.4 is 14.8 Å². The van der Waals surface area contributed by atoms with Gasteiger partial charge in [0.05, 0.1) is 43.1 Å². The first kappa shape index (κ1) is 25.6. The third-order valence-corrected chi connectivity index (χ3v) is 7.35. The first-order chi connectivity index (χ1) is 18.5. The number of rotatable bonds is 9. The number of benzene rings is 2. The minimum Gasteiger partial charge on any atom is -0.493 e. The summed E-state index contributed by atoms with van der Waals surface area (Å²) in [5.41, 5.74) is 3.99. The number of nitrogens with zero attached hydrogens (tertiary/aromatic N) is 2. The Morgan fingerprint density at radius 3 is 2.53 bits per heavy atom. The number of aromatic nitrogens is 2. The molecule has 0 saturated heterocycles. The molecule has 1 aliphatic rings. The molecular formula is C30H33N3O5. The van der Waals surface area contributed by atoms with Gasteiger partial charge in [0, 0.05) is 11.6 Å². The van der Waals surface area contributed by atoms with E-state index in [-0.39, 0.29) is 11.7 Å². The Kier molecular flexibility index (Phi) is 7.49. The number of nitrogens with one attached hydrogen (secondary N) is 1. The van der Waals surface area contributed by atoms with Gasteiger partial charge in [-0.25, -0.2) is 4.98 Å². The smallest absolute Gasteiger partial charge is 0.251 e. The fraction of sp³-hybridized carbons (Fsp3) is 0.367. The van der Waals surface area contributed by atoms with Crippen molar-refractivity contribution >= 4 is 22.7 Å². The molecule has 1 unspecified atom stereocenters. The molecule has 4 aromatic rings. The normalized spacial score (nSPS) is 14.8. The standard InChI is InChI=1S/C30H33N3O5/c1-19(34)24(15-20-9-12-27(36-2)28(16-20)37-3)32-30(35)21-10-11-26-25(17-21)31-29(22-13-14-38-18-22)33(26)23-7-5-4-6-8-23/h9-14,16-18,23-24H,4-8,15H2,1-3H3,(H,32,35). The molecule has 8 heteroatoms. The van der Waals surface area contributed by atoms with Crippen LogP contribution in [0.4, 0.5) is 0 Å². The van der Waals surface area contributed by atoms with Gasteiger partial charge in [0.2, 0.25) is 0 Å². The molecule has 1 N–H and O–H groups in total. The Labute approximate surface area is 221 Å². The molecule has 5 rings (SSSR count). The number of ketones is 1. The number of furan rings is 1. The number of hydrogen-bond acceptors (Lipinski definition) is 6. The number of fused-ring (bicyclic) bond motifs is 1. The maximum atomic E-state index is 13.3. The predicted molar refractivity (Wildman–Crippen MR) is 145 cm³/mol. The number of methoxy groups -OCH3 is 2. The molecule has 1 saturated carbocycles. The molecular weight excluding hydrogens is 482 g/mol. The van der Waals surface area contributed by atoms with E-state index in [1.165, 1.54) is 26.2 Å². The maximum absolute atomic E-state index is 13.3. The number of carbonyl (C=O) groups is 2. The Morgan fingerprint density at radius 1 is 1.05 bits per heavy atom. The second-order valence-corrected chi connectivity index (χ2v) is 9.84. The molecule has 2 aromatic heterocycles. The monoisotopic (exact) mass is 515 g/mol. The van der Waals surface area contributed by atoms with Crippen molar-refractivity contribution < 1.29 is 23.5 Å². The maximum Gasteiger partial charge on any atom is 0.251 e. The largest absolute Gasteiger partial charge is 0.493 e. The number of imidazole rings is 1. The van der Waals surface area contributed by atoms with Crippen LogP contribution in [-0.4, -0.2) is 41.5 Å². The molecule has 198 valence electrons. The highest BCUT2D eigenvalue weighted by atomic mass is 16.5. The van der Waals surface area contributed by atoms with Crippen molar-refractivity contribution in [2.24, 2.45) is 0 Å². The van der Waals surface area contributed by atoms with Gasteiger partial charge in [-0.2, -0.15) is 0 Å². The SMILES string of the molecule is COc1ccc(CC(NC(=O)c2ccc3c(c2)nc(-c2ccoc2)n3C2CCCCC2)C(C)=O)cc1OC. The van der Waals surface area contributed by atoms with Crippen molar-refractivity contribution in [2.75, 3.05) is 14.2 Å². The van der Waals surface area contributed by atoms with Crippen LogP contribution in [0.5, 0.6) is 11.5 Å². The van der Waals surface area contributed by atoms with Gasteiger partial charge in [-0.05, 0) is 68.1 Å². The third kappa shape index (κ3) is 5.16. The highest BCUT2D eigenvalue weighted by molar-refractivity contribution is 6.00. The molecule has 8 nitrogen and oxygen atoms in total. The summed E-state index contributed by atoms with van der Waals surface area (Å²) < 4.78 is 18.3. The fourth-order valence-corrected chi connectivity index (χ4v) is 5.33. The van der Waals surface area contributed by atoms with Crippen LogP contribution in [0.3, 0.4) is 0 Å². The Bertz CT molecular complexity index is 1430. The summed E-state index contributed by atoms with van der Waals surface area (Å²) in [6.45, 7) is 1.48. The summed E-state index contributed by atoms with van der Waals surface area (Å²) in [6.07, 6.45) is 9.56. The van der Waals surface area contributed by atoms with Gasteiger partial charge >= 0.3 is 0 Å². The highest BCUT2D eigenvalue weighted by Gasteiger charge is 2.24. The average Bonchev–Trinajstić information content (AvgIpc) is 3.60. The van der Waals surface area contributed by atoms with E-state index < -0.39 is 6.04 Å². The van der Waals surface area contributed by atoms with E-state index in [1.807, 2.05) is 30.3 Å². The van der Waals surface area contributed by atoms with Crippen molar-refractivity contribution in [1.29, 1.82) is 0 Å². The van der Waals surface area contributed by atoms with Gasteiger partial charge < -0.3 is 23.8 Å². The van der Waals surface area contributed by atoms with Gasteiger partial charge in [-0.3, -0.25) is 9.59 Å². The Balaban J connectivity index is 1.41. The van der Waals surface area contributed by atoms with E-state index in [1.54, 1.807) is 38.9 Å². The lowest BCUT2D eigenvalue weighted by molar-refractivity contribution is -0.118. The molecule has 2 aromatic carbocycles. The van der Waals surface area contributed by atoms with Gasteiger partial charge in [0.1, 0.15) is 12.1 Å². The van der Waals surface area contributed by atoms with Gasteiger partial charge in [0.25, 0.3) is 5.91 Å². The number of hydrogen-bond donors (Lipinski definition) is 1. The number of ether oxygens (including phenoxy) is 2. The van der Waals surface area contributed by atoms with E-state index in [0.29, 0.717) is 29.5 Å². The zero-order valence-electron chi connectivity index (χ0n) is 22.0. The molecule has 2 heterocycles. The molecule has 0 aliphatic heterocycles. The summed E-state index contributed by atoms with van der Waals surface area (Å²) in [5, 5.41) is 2.91. The molecule has 0 bridgehead atoms. The molecule has 1 aliphatic carbocycles. The van der Waals surface area contributed by atoms with E-state index in [4.69, 9.17) is 18.9 Å². The summed E-state index contributed by atoms with van der Waals surface area (Å²) >= 11 is 0. The first-order valence-electron chi connectivity index (χ1n) is 13.0. The van der Waals surface area contributed by atoms with Crippen LogP contribution in [0.2, 0.25) is 0 Å². The molecule has 0 spiro atoms. The predicted octanol–water partition coefficient (Wildman–Crippen LogP) is 5.75. The second kappa shape index (κ2) is 11.1. The lowest BCUT2D eigenvalue weighted by atomic mass is 9.95. The van der Waals surface area contributed by atoms with Gasteiger partial charge in [0.15, 0.2) is 17.3 Å². The van der Waals surface area contributed by atoms with Crippen molar-refractivity contribution in [3.05, 3.63) is 66.1 Å². The topological polar surface area (TPSA) is 95.6 Å². The minimum absolute atomic E-state index is 0.127. The van der Waals surface area contributed by atoms with Crippen LogP contribution in [0.15, 0.2) is 59.4 Å². The zero-order chi connectivity index (χ0) is 26.6. The van der Waals surface area contributed by atoms with Crippen molar-refractivity contribution in [3.63, 3.8) is 0 Å². The summed E-state index contributed by atoms with van der Waals surface area (Å²) in [6, 6.07) is 12.7. The van der Waals surface area contributed by atoms with Gasteiger partial charge in [-0.1, -0.05) is 25.3 Å². The third-order valence-electron chi connectivity index (χ3n) is 7.35. The second-order valence-electron chi connectivity index (χ2n) is 9.84. The van der Waals surface area contributed by atoms with Crippen LogP contribution in [0.25, 0.3) is 22.4 Å². The van der Waals surface area contributed by atoms with E-state index >= 15 is 0 Å². The van der Waals surface area contributed by atoms with Crippen LogP contribution in [0.1, 0.15) is 61.0 Å². The van der Waals surface area contributed by atoms with Crippen LogP contribution in [0, 0.1) is 0 Å². The van der Waals surface area contributed by atoms with Gasteiger partial charge in [-0.15, -0.1) is 0 Å². The average molecular weight is 516 g/mol.